The fourth-order valence-electron chi connectivity index (χ4n) is 5.29. The molecule has 204 valence electrons. The summed E-state index contributed by atoms with van der Waals surface area (Å²) in [6.45, 7) is 5.07. The van der Waals surface area contributed by atoms with Crippen LogP contribution in [0.3, 0.4) is 0 Å². The second kappa shape index (κ2) is 12.8. The number of hydrogen-bond acceptors (Lipinski definition) is 5. The number of carbonyl (C=O) groups excluding carboxylic acids is 1. The quantitative estimate of drug-likeness (QED) is 0.266. The molecule has 1 heterocycles. The van der Waals surface area contributed by atoms with Crippen molar-refractivity contribution in [2.45, 2.75) is 57.7 Å². The first-order chi connectivity index (χ1) is 19.0. The predicted molar refractivity (Wildman–Crippen MR) is 161 cm³/mol. The molecule has 0 spiro atoms. The third kappa shape index (κ3) is 6.56. The molecule has 5 nitrogen and oxygen atoms in total. The fraction of sp³-hybridized carbons (Fsp3) is 0.344. The highest BCUT2D eigenvalue weighted by Gasteiger charge is 2.42. The van der Waals surface area contributed by atoms with E-state index >= 15 is 0 Å². The van der Waals surface area contributed by atoms with Gasteiger partial charge in [-0.3, -0.25) is 4.79 Å². The molecule has 3 aromatic carbocycles. The van der Waals surface area contributed by atoms with Gasteiger partial charge in [-0.05, 0) is 67.7 Å². The standard InChI is InChI=1S/C32H35ClN2O3S/c1-3-37-29-19-23(17-18-28(29)38-21-24-12-8-9-15-26(24)33)20-30-31(36)35(27-16-10-7-11-22(27)2)32(39-30)34-25-13-5-4-6-14-25/h4-6,8-9,12-15,17-20,22,27,32,34H,3,7,10-11,16,21H2,1-2H3/b30-20-/t22-,27+,32?/m1/s1. The molecule has 1 aliphatic carbocycles. The zero-order valence-corrected chi connectivity index (χ0v) is 24.0. The number of rotatable bonds is 9. The molecular formula is C32H35ClN2O3S. The summed E-state index contributed by atoms with van der Waals surface area (Å²) >= 11 is 7.89. The smallest absolute Gasteiger partial charge is 0.262 e. The normalized spacial score (nSPS) is 22.2. The molecule has 3 atom stereocenters. The van der Waals surface area contributed by atoms with Crippen molar-refractivity contribution < 1.29 is 14.3 Å². The first-order valence-corrected chi connectivity index (χ1v) is 14.9. The summed E-state index contributed by atoms with van der Waals surface area (Å²) in [6.07, 6.45) is 6.56. The molecule has 2 fully saturated rings. The van der Waals surface area contributed by atoms with Gasteiger partial charge in [-0.15, -0.1) is 0 Å². The van der Waals surface area contributed by atoms with Gasteiger partial charge in [0, 0.05) is 22.3 Å². The molecule has 2 aliphatic rings. The molecule has 3 aromatic rings. The lowest BCUT2D eigenvalue weighted by atomic mass is 9.85. The first-order valence-electron chi connectivity index (χ1n) is 13.7. The lowest BCUT2D eigenvalue weighted by Gasteiger charge is -2.39. The van der Waals surface area contributed by atoms with Crippen LogP contribution in [0.15, 0.2) is 77.7 Å². The van der Waals surface area contributed by atoms with Crippen molar-refractivity contribution in [1.29, 1.82) is 0 Å². The van der Waals surface area contributed by atoms with Gasteiger partial charge in [-0.2, -0.15) is 0 Å². The van der Waals surface area contributed by atoms with Gasteiger partial charge < -0.3 is 19.7 Å². The van der Waals surface area contributed by atoms with E-state index in [0.29, 0.717) is 35.7 Å². The van der Waals surface area contributed by atoms with Gasteiger partial charge in [0.1, 0.15) is 6.61 Å². The van der Waals surface area contributed by atoms with E-state index in [0.717, 1.165) is 41.0 Å². The molecule has 1 amide bonds. The van der Waals surface area contributed by atoms with Crippen LogP contribution in [-0.4, -0.2) is 29.0 Å². The molecule has 1 N–H and O–H groups in total. The van der Waals surface area contributed by atoms with Crippen LogP contribution in [0.25, 0.3) is 6.08 Å². The molecule has 0 radical (unpaired) electrons. The van der Waals surface area contributed by atoms with Crippen molar-refractivity contribution in [2.24, 2.45) is 5.92 Å². The number of nitrogens with one attached hydrogen (secondary N) is 1. The molecule has 1 unspecified atom stereocenters. The van der Waals surface area contributed by atoms with Crippen molar-refractivity contribution in [1.82, 2.24) is 4.90 Å². The Morgan fingerprint density at radius 2 is 1.77 bits per heavy atom. The Balaban J connectivity index is 1.39. The van der Waals surface area contributed by atoms with Gasteiger partial charge in [0.25, 0.3) is 5.91 Å². The van der Waals surface area contributed by atoms with E-state index in [1.54, 1.807) is 11.8 Å². The lowest BCUT2D eigenvalue weighted by molar-refractivity contribution is -0.129. The fourth-order valence-corrected chi connectivity index (χ4v) is 6.69. The maximum Gasteiger partial charge on any atom is 0.262 e. The van der Waals surface area contributed by atoms with Crippen LogP contribution in [-0.2, 0) is 11.4 Å². The number of anilines is 1. The number of amides is 1. The van der Waals surface area contributed by atoms with Crippen molar-refractivity contribution in [2.75, 3.05) is 11.9 Å². The van der Waals surface area contributed by atoms with Crippen molar-refractivity contribution >= 4 is 41.0 Å². The Hall–Kier alpha value is -3.09. The topological polar surface area (TPSA) is 50.8 Å². The second-order valence-corrected chi connectivity index (χ2v) is 11.6. The number of hydrogen-bond donors (Lipinski definition) is 1. The summed E-state index contributed by atoms with van der Waals surface area (Å²) in [4.78, 5) is 16.7. The minimum absolute atomic E-state index is 0.0872. The van der Waals surface area contributed by atoms with E-state index in [4.69, 9.17) is 21.1 Å². The number of halogens is 1. The summed E-state index contributed by atoms with van der Waals surface area (Å²) in [7, 11) is 0. The van der Waals surface area contributed by atoms with Gasteiger partial charge in [0.05, 0.1) is 11.5 Å². The maximum atomic E-state index is 13.9. The summed E-state index contributed by atoms with van der Waals surface area (Å²) in [5, 5.41) is 4.27. The van der Waals surface area contributed by atoms with Crippen LogP contribution in [0.2, 0.25) is 5.02 Å². The van der Waals surface area contributed by atoms with Crippen LogP contribution >= 0.6 is 23.4 Å². The number of thioether (sulfide) groups is 1. The Bertz CT molecular complexity index is 1320. The van der Waals surface area contributed by atoms with Crippen molar-refractivity contribution in [3.05, 3.63) is 93.9 Å². The van der Waals surface area contributed by atoms with Crippen LogP contribution < -0.4 is 14.8 Å². The highest BCUT2D eigenvalue weighted by Crippen LogP contribution is 2.42. The summed E-state index contributed by atoms with van der Waals surface area (Å²) in [6, 6.07) is 23.8. The Labute approximate surface area is 240 Å². The van der Waals surface area contributed by atoms with Crippen LogP contribution in [0.1, 0.15) is 50.7 Å². The van der Waals surface area contributed by atoms with Gasteiger partial charge in [-0.1, -0.05) is 85.6 Å². The van der Waals surface area contributed by atoms with E-state index in [-0.39, 0.29) is 17.4 Å². The summed E-state index contributed by atoms with van der Waals surface area (Å²) < 4.78 is 12.0. The number of ether oxygens (including phenoxy) is 2. The SMILES string of the molecule is CCOc1cc(/C=C2\SC(Nc3ccccc3)N([C@H]3CCCC[C@H]3C)C2=O)ccc1OCc1ccccc1Cl. The van der Waals surface area contributed by atoms with Gasteiger partial charge in [-0.25, -0.2) is 0 Å². The first kappa shape index (κ1) is 27.5. The highest BCUT2D eigenvalue weighted by atomic mass is 35.5. The molecular weight excluding hydrogens is 528 g/mol. The largest absolute Gasteiger partial charge is 0.490 e. The molecule has 5 rings (SSSR count). The third-order valence-corrected chi connectivity index (χ3v) is 8.81. The molecule has 1 saturated heterocycles. The molecule has 1 aliphatic heterocycles. The summed E-state index contributed by atoms with van der Waals surface area (Å²) in [5.41, 5.74) is 2.67. The lowest BCUT2D eigenvalue weighted by Crippen LogP contribution is -2.48. The Morgan fingerprint density at radius 1 is 1.00 bits per heavy atom. The second-order valence-electron chi connectivity index (χ2n) is 10.0. The Morgan fingerprint density at radius 3 is 2.54 bits per heavy atom. The van der Waals surface area contributed by atoms with E-state index < -0.39 is 0 Å². The maximum absolute atomic E-state index is 13.9. The minimum atomic E-state index is -0.152. The van der Waals surface area contributed by atoms with Crippen molar-refractivity contribution in [3.8, 4) is 11.5 Å². The van der Waals surface area contributed by atoms with Crippen LogP contribution in [0.4, 0.5) is 5.69 Å². The molecule has 0 aromatic heterocycles. The third-order valence-electron chi connectivity index (χ3n) is 7.33. The Kier molecular flexibility index (Phi) is 9.05. The van der Waals surface area contributed by atoms with Gasteiger partial charge in [0.15, 0.2) is 17.0 Å². The molecule has 1 saturated carbocycles. The number of benzene rings is 3. The zero-order valence-electron chi connectivity index (χ0n) is 22.4. The van der Waals surface area contributed by atoms with Crippen LogP contribution in [0.5, 0.6) is 11.5 Å². The molecule has 7 heteroatoms. The number of nitrogens with zero attached hydrogens (tertiary/aromatic N) is 1. The highest BCUT2D eigenvalue weighted by molar-refractivity contribution is 8.05. The van der Waals surface area contributed by atoms with E-state index in [9.17, 15) is 4.79 Å². The van der Waals surface area contributed by atoms with Crippen LogP contribution in [0, 0.1) is 5.92 Å². The number of carbonyl (C=O) groups is 1. The summed E-state index contributed by atoms with van der Waals surface area (Å²) in [5.74, 6) is 1.85. The minimum Gasteiger partial charge on any atom is -0.490 e. The number of para-hydroxylation sites is 1. The van der Waals surface area contributed by atoms with Gasteiger partial charge >= 0.3 is 0 Å². The van der Waals surface area contributed by atoms with Gasteiger partial charge in [0.2, 0.25) is 0 Å². The van der Waals surface area contributed by atoms with Crippen molar-refractivity contribution in [3.63, 3.8) is 0 Å². The van der Waals surface area contributed by atoms with E-state index in [1.165, 1.54) is 6.42 Å². The zero-order chi connectivity index (χ0) is 27.2. The average Bonchev–Trinajstić information content (AvgIpc) is 3.24. The average molecular weight is 563 g/mol. The van der Waals surface area contributed by atoms with E-state index in [1.807, 2.05) is 85.8 Å². The van der Waals surface area contributed by atoms with E-state index in [2.05, 4.69) is 17.1 Å². The predicted octanol–water partition coefficient (Wildman–Crippen LogP) is 8.21. The monoisotopic (exact) mass is 562 g/mol. The molecule has 0 bridgehead atoms. The molecule has 39 heavy (non-hydrogen) atoms.